The lowest BCUT2D eigenvalue weighted by Gasteiger charge is -2.14. The smallest absolute Gasteiger partial charge is 0.263 e. The number of carbonyl (C=O) groups excluding carboxylic acids is 1. The van der Waals surface area contributed by atoms with Crippen LogP contribution in [0.25, 0.3) is 0 Å². The van der Waals surface area contributed by atoms with Crippen molar-refractivity contribution in [2.75, 3.05) is 5.73 Å². The molecule has 6 heteroatoms. The topological polar surface area (TPSA) is 68.0 Å². The minimum Gasteiger partial charge on any atom is -0.375 e. The number of amides is 1. The summed E-state index contributed by atoms with van der Waals surface area (Å²) in [5, 5.41) is 5.47. The Kier molecular flexibility index (Phi) is 3.98. The standard InChI is InChI=1S/C12H15N3OS2/c1-3-8(9-5-4-6-17-9)15-11(16)10-7(2)14-12(13)18-10/h4-6,8H,3H2,1-2H3,(H2,13,14)(H,15,16). The number of aryl methyl sites for hydroxylation is 1. The fourth-order valence-corrected chi connectivity index (χ4v) is 3.31. The molecule has 0 saturated carbocycles. The molecule has 0 aliphatic rings. The molecule has 1 atom stereocenters. The first-order valence-electron chi connectivity index (χ1n) is 5.69. The molecule has 0 fully saturated rings. The third kappa shape index (κ3) is 2.70. The van der Waals surface area contributed by atoms with E-state index in [-0.39, 0.29) is 11.9 Å². The van der Waals surface area contributed by atoms with Gasteiger partial charge in [-0.3, -0.25) is 4.79 Å². The Hall–Kier alpha value is -1.40. The van der Waals surface area contributed by atoms with E-state index in [0.29, 0.717) is 15.7 Å². The van der Waals surface area contributed by atoms with Crippen LogP contribution in [-0.4, -0.2) is 10.9 Å². The SMILES string of the molecule is CCC(NC(=O)c1sc(N)nc1C)c1cccs1. The fraction of sp³-hybridized carbons (Fsp3) is 0.333. The number of nitrogen functional groups attached to an aromatic ring is 1. The minimum absolute atomic E-state index is 0.0558. The molecule has 0 spiro atoms. The molecule has 0 aliphatic carbocycles. The lowest BCUT2D eigenvalue weighted by Crippen LogP contribution is -2.27. The van der Waals surface area contributed by atoms with Crippen molar-refractivity contribution in [3.8, 4) is 0 Å². The Morgan fingerprint density at radius 2 is 2.39 bits per heavy atom. The van der Waals surface area contributed by atoms with Crippen LogP contribution in [0.15, 0.2) is 17.5 Å². The number of rotatable bonds is 4. The van der Waals surface area contributed by atoms with E-state index in [9.17, 15) is 4.79 Å². The quantitative estimate of drug-likeness (QED) is 0.905. The van der Waals surface area contributed by atoms with Crippen molar-refractivity contribution in [2.45, 2.75) is 26.3 Å². The Bertz CT molecular complexity index is 534. The van der Waals surface area contributed by atoms with E-state index in [0.717, 1.165) is 6.42 Å². The molecule has 2 aromatic heterocycles. The Balaban J connectivity index is 2.13. The van der Waals surface area contributed by atoms with Crippen LogP contribution in [0.2, 0.25) is 0 Å². The monoisotopic (exact) mass is 281 g/mol. The summed E-state index contributed by atoms with van der Waals surface area (Å²) in [5.74, 6) is -0.0954. The summed E-state index contributed by atoms with van der Waals surface area (Å²) in [6, 6.07) is 4.08. The second-order valence-corrected chi connectivity index (χ2v) is 5.93. The second-order valence-electron chi connectivity index (χ2n) is 3.92. The molecule has 96 valence electrons. The lowest BCUT2D eigenvalue weighted by molar-refractivity contribution is 0.0939. The molecule has 18 heavy (non-hydrogen) atoms. The minimum atomic E-state index is -0.0954. The van der Waals surface area contributed by atoms with Crippen molar-refractivity contribution in [3.05, 3.63) is 33.0 Å². The van der Waals surface area contributed by atoms with Crippen LogP contribution < -0.4 is 11.1 Å². The molecule has 0 saturated heterocycles. The highest BCUT2D eigenvalue weighted by Crippen LogP contribution is 2.24. The molecule has 2 aromatic rings. The van der Waals surface area contributed by atoms with E-state index in [4.69, 9.17) is 5.73 Å². The summed E-state index contributed by atoms with van der Waals surface area (Å²) < 4.78 is 0. The van der Waals surface area contributed by atoms with Crippen molar-refractivity contribution in [3.63, 3.8) is 0 Å². The van der Waals surface area contributed by atoms with Gasteiger partial charge in [0.25, 0.3) is 5.91 Å². The van der Waals surface area contributed by atoms with Gasteiger partial charge in [0.2, 0.25) is 0 Å². The number of anilines is 1. The number of hydrogen-bond acceptors (Lipinski definition) is 5. The molecule has 0 bridgehead atoms. The van der Waals surface area contributed by atoms with Gasteiger partial charge in [-0.2, -0.15) is 0 Å². The van der Waals surface area contributed by atoms with Crippen LogP contribution in [0.5, 0.6) is 0 Å². The number of carbonyl (C=O) groups is 1. The first-order chi connectivity index (χ1) is 8.61. The van der Waals surface area contributed by atoms with Gasteiger partial charge in [-0.25, -0.2) is 4.98 Å². The molecule has 0 aromatic carbocycles. The first-order valence-corrected chi connectivity index (χ1v) is 7.38. The van der Waals surface area contributed by atoms with Gasteiger partial charge < -0.3 is 11.1 Å². The zero-order valence-electron chi connectivity index (χ0n) is 10.3. The Morgan fingerprint density at radius 1 is 1.61 bits per heavy atom. The Morgan fingerprint density at radius 3 is 2.89 bits per heavy atom. The highest BCUT2D eigenvalue weighted by atomic mass is 32.1. The van der Waals surface area contributed by atoms with Crippen LogP contribution in [0.3, 0.4) is 0 Å². The molecule has 3 N–H and O–H groups in total. The number of nitrogens with zero attached hydrogens (tertiary/aromatic N) is 1. The summed E-state index contributed by atoms with van der Waals surface area (Å²) >= 11 is 2.88. The number of thiophene rings is 1. The summed E-state index contributed by atoms with van der Waals surface area (Å²) in [7, 11) is 0. The van der Waals surface area contributed by atoms with Crippen LogP contribution in [-0.2, 0) is 0 Å². The van der Waals surface area contributed by atoms with Gasteiger partial charge in [-0.1, -0.05) is 24.3 Å². The largest absolute Gasteiger partial charge is 0.375 e. The summed E-state index contributed by atoms with van der Waals surface area (Å²) in [6.45, 7) is 3.85. The number of hydrogen-bond donors (Lipinski definition) is 2. The molecular weight excluding hydrogens is 266 g/mol. The van der Waals surface area contributed by atoms with Crippen LogP contribution in [0, 0.1) is 6.92 Å². The molecule has 1 amide bonds. The van der Waals surface area contributed by atoms with Gasteiger partial charge in [-0.15, -0.1) is 11.3 Å². The lowest BCUT2D eigenvalue weighted by atomic mass is 10.2. The number of thiazole rings is 1. The van der Waals surface area contributed by atoms with Gasteiger partial charge >= 0.3 is 0 Å². The molecular formula is C12H15N3OS2. The normalized spacial score (nSPS) is 12.3. The third-order valence-electron chi connectivity index (χ3n) is 2.62. The van der Waals surface area contributed by atoms with Gasteiger partial charge in [0.05, 0.1) is 11.7 Å². The van der Waals surface area contributed by atoms with Crippen LogP contribution >= 0.6 is 22.7 Å². The van der Waals surface area contributed by atoms with E-state index in [1.807, 2.05) is 17.5 Å². The van der Waals surface area contributed by atoms with Crippen molar-refractivity contribution < 1.29 is 4.79 Å². The molecule has 4 nitrogen and oxygen atoms in total. The van der Waals surface area contributed by atoms with E-state index in [2.05, 4.69) is 17.2 Å². The highest BCUT2D eigenvalue weighted by molar-refractivity contribution is 7.17. The predicted molar refractivity (Wildman–Crippen MR) is 76.1 cm³/mol. The van der Waals surface area contributed by atoms with Crippen molar-refractivity contribution in [1.29, 1.82) is 0 Å². The highest BCUT2D eigenvalue weighted by Gasteiger charge is 2.18. The summed E-state index contributed by atoms with van der Waals surface area (Å²) in [5.41, 5.74) is 6.30. The maximum Gasteiger partial charge on any atom is 0.263 e. The van der Waals surface area contributed by atoms with Gasteiger partial charge in [0.15, 0.2) is 5.13 Å². The van der Waals surface area contributed by atoms with Gasteiger partial charge in [0.1, 0.15) is 4.88 Å². The van der Waals surface area contributed by atoms with E-state index >= 15 is 0 Å². The maximum absolute atomic E-state index is 12.2. The average Bonchev–Trinajstić information content (AvgIpc) is 2.95. The molecule has 0 aliphatic heterocycles. The second kappa shape index (κ2) is 5.49. The number of nitrogens with two attached hydrogens (primary N) is 1. The van der Waals surface area contributed by atoms with Crippen LogP contribution in [0.1, 0.15) is 39.6 Å². The average molecular weight is 281 g/mol. The fourth-order valence-electron chi connectivity index (χ4n) is 1.72. The van der Waals surface area contributed by atoms with E-state index in [1.54, 1.807) is 18.3 Å². The van der Waals surface area contributed by atoms with Gasteiger partial charge in [0, 0.05) is 4.88 Å². The number of nitrogens with one attached hydrogen (secondary N) is 1. The zero-order valence-corrected chi connectivity index (χ0v) is 11.9. The third-order valence-corrected chi connectivity index (χ3v) is 4.59. The maximum atomic E-state index is 12.2. The molecule has 0 radical (unpaired) electrons. The Labute approximate surface area is 114 Å². The van der Waals surface area contributed by atoms with E-state index in [1.165, 1.54) is 16.2 Å². The predicted octanol–water partition coefficient (Wildman–Crippen LogP) is 2.98. The zero-order chi connectivity index (χ0) is 13.1. The van der Waals surface area contributed by atoms with Crippen molar-refractivity contribution in [1.82, 2.24) is 10.3 Å². The molecule has 2 heterocycles. The van der Waals surface area contributed by atoms with E-state index < -0.39 is 0 Å². The first kappa shape index (κ1) is 13.0. The summed E-state index contributed by atoms with van der Waals surface area (Å²) in [4.78, 5) is 18.0. The van der Waals surface area contributed by atoms with Gasteiger partial charge in [-0.05, 0) is 24.8 Å². The molecule has 1 unspecified atom stereocenters. The molecule has 2 rings (SSSR count). The van der Waals surface area contributed by atoms with Crippen molar-refractivity contribution in [2.24, 2.45) is 0 Å². The van der Waals surface area contributed by atoms with Crippen LogP contribution in [0.4, 0.5) is 5.13 Å². The number of aromatic nitrogens is 1. The van der Waals surface area contributed by atoms with Crippen molar-refractivity contribution >= 4 is 33.7 Å². The summed E-state index contributed by atoms with van der Waals surface area (Å²) in [6.07, 6.45) is 0.861.